The Kier molecular flexibility index (Phi) is 3.23. The maximum Gasteiger partial charge on any atom is 0.194 e. The van der Waals surface area contributed by atoms with Crippen molar-refractivity contribution in [1.29, 1.82) is 0 Å². The summed E-state index contributed by atoms with van der Waals surface area (Å²) in [5.74, 6) is 0. The number of rotatable bonds is 2. The molecule has 15 heavy (non-hydrogen) atoms. The van der Waals surface area contributed by atoms with Gasteiger partial charge in [-0.2, -0.15) is 0 Å². The van der Waals surface area contributed by atoms with Crippen LogP contribution >= 0.6 is 35.6 Å². The molecule has 1 unspecified atom stereocenters. The molecule has 1 atom stereocenters. The molecule has 1 aromatic carbocycles. The summed E-state index contributed by atoms with van der Waals surface area (Å²) in [6.07, 6.45) is 0. The Morgan fingerprint density at radius 2 is 2.33 bits per heavy atom. The quantitative estimate of drug-likeness (QED) is 0.818. The van der Waals surface area contributed by atoms with E-state index in [1.807, 2.05) is 25.1 Å². The molecule has 0 fully saturated rings. The molecule has 0 saturated carbocycles. The summed E-state index contributed by atoms with van der Waals surface area (Å²) in [6.45, 7) is 1.96. The standard InChI is InChI=1S/C9H8ClN3S2/c1-5-6(10)3-2-4-7(5)11-8-12-13-9(14)15-8/h2-4,8,11H,1H3. The lowest BCUT2D eigenvalue weighted by molar-refractivity contribution is 0.993. The van der Waals surface area contributed by atoms with E-state index in [1.54, 1.807) is 0 Å². The second-order valence-electron chi connectivity index (χ2n) is 3.01. The van der Waals surface area contributed by atoms with E-state index in [-0.39, 0.29) is 5.50 Å². The molecule has 1 aromatic rings. The summed E-state index contributed by atoms with van der Waals surface area (Å²) in [7, 11) is 0. The van der Waals surface area contributed by atoms with E-state index in [0.29, 0.717) is 4.32 Å². The van der Waals surface area contributed by atoms with E-state index in [2.05, 4.69) is 15.5 Å². The van der Waals surface area contributed by atoms with Crippen LogP contribution in [0.25, 0.3) is 0 Å². The van der Waals surface area contributed by atoms with Crippen LogP contribution in [0.2, 0.25) is 5.02 Å². The number of azo groups is 1. The van der Waals surface area contributed by atoms with Gasteiger partial charge in [-0.15, -0.1) is 10.2 Å². The molecule has 1 aliphatic heterocycles. The van der Waals surface area contributed by atoms with E-state index in [9.17, 15) is 0 Å². The zero-order valence-electron chi connectivity index (χ0n) is 7.90. The number of hydrogen-bond donors (Lipinski definition) is 1. The predicted molar refractivity (Wildman–Crippen MR) is 68.6 cm³/mol. The Balaban J connectivity index is 2.15. The minimum Gasteiger partial charge on any atom is -0.353 e. The van der Waals surface area contributed by atoms with Crippen molar-refractivity contribution in [2.45, 2.75) is 12.4 Å². The van der Waals surface area contributed by atoms with Crippen molar-refractivity contribution in [2.24, 2.45) is 10.2 Å². The van der Waals surface area contributed by atoms with Gasteiger partial charge in [0.05, 0.1) is 0 Å². The molecular weight excluding hydrogens is 250 g/mol. The van der Waals surface area contributed by atoms with Gasteiger partial charge in [0, 0.05) is 10.7 Å². The van der Waals surface area contributed by atoms with Crippen LogP contribution in [-0.2, 0) is 0 Å². The highest BCUT2D eigenvalue weighted by Gasteiger charge is 2.17. The zero-order valence-corrected chi connectivity index (χ0v) is 10.3. The first kappa shape index (κ1) is 10.9. The predicted octanol–water partition coefficient (Wildman–Crippen LogP) is 3.83. The summed E-state index contributed by atoms with van der Waals surface area (Å²) >= 11 is 12.3. The Bertz CT molecular complexity index is 433. The van der Waals surface area contributed by atoms with Crippen LogP contribution in [0, 0.1) is 6.92 Å². The van der Waals surface area contributed by atoms with Crippen LogP contribution < -0.4 is 5.32 Å². The maximum atomic E-state index is 6.00. The zero-order chi connectivity index (χ0) is 10.8. The van der Waals surface area contributed by atoms with Crippen molar-refractivity contribution in [1.82, 2.24) is 0 Å². The van der Waals surface area contributed by atoms with E-state index in [4.69, 9.17) is 23.8 Å². The normalized spacial score (nSPS) is 19.6. The highest BCUT2D eigenvalue weighted by Crippen LogP contribution is 2.29. The number of nitrogens with zero attached hydrogens (tertiary/aromatic N) is 2. The molecule has 1 N–H and O–H groups in total. The van der Waals surface area contributed by atoms with Crippen molar-refractivity contribution in [2.75, 3.05) is 5.32 Å². The van der Waals surface area contributed by atoms with Gasteiger partial charge in [0.2, 0.25) is 0 Å². The van der Waals surface area contributed by atoms with Crippen LogP contribution in [0.5, 0.6) is 0 Å². The smallest absolute Gasteiger partial charge is 0.194 e. The topological polar surface area (TPSA) is 36.8 Å². The number of hydrogen-bond acceptors (Lipinski definition) is 4. The molecule has 0 amide bonds. The highest BCUT2D eigenvalue weighted by atomic mass is 35.5. The van der Waals surface area contributed by atoms with Crippen molar-refractivity contribution >= 4 is 45.6 Å². The van der Waals surface area contributed by atoms with Crippen molar-refractivity contribution in [3.63, 3.8) is 0 Å². The second-order valence-corrected chi connectivity index (χ2v) is 5.13. The van der Waals surface area contributed by atoms with Gasteiger partial charge in [-0.25, -0.2) is 0 Å². The van der Waals surface area contributed by atoms with Crippen LogP contribution in [0.1, 0.15) is 5.56 Å². The number of halogens is 1. The summed E-state index contributed by atoms with van der Waals surface area (Å²) in [4.78, 5) is 0. The minimum atomic E-state index is -0.130. The lowest BCUT2D eigenvalue weighted by Gasteiger charge is -2.12. The molecule has 0 bridgehead atoms. The molecular formula is C9H8ClN3S2. The van der Waals surface area contributed by atoms with Crippen LogP contribution in [0.15, 0.2) is 28.4 Å². The fourth-order valence-corrected chi connectivity index (χ4v) is 2.26. The van der Waals surface area contributed by atoms with Gasteiger partial charge >= 0.3 is 0 Å². The van der Waals surface area contributed by atoms with Crippen molar-refractivity contribution in [3.05, 3.63) is 28.8 Å². The average molecular weight is 258 g/mol. The van der Waals surface area contributed by atoms with E-state index >= 15 is 0 Å². The number of thiocarbonyl (C=S) groups is 1. The van der Waals surface area contributed by atoms with Gasteiger partial charge in [-0.1, -0.05) is 17.7 Å². The first-order valence-electron chi connectivity index (χ1n) is 4.30. The third kappa shape index (κ3) is 2.48. The lowest BCUT2D eigenvalue weighted by Crippen LogP contribution is -2.11. The molecule has 78 valence electrons. The fraction of sp³-hybridized carbons (Fsp3) is 0.222. The number of anilines is 1. The molecule has 3 nitrogen and oxygen atoms in total. The molecule has 0 radical (unpaired) electrons. The number of nitrogens with one attached hydrogen (secondary N) is 1. The van der Waals surface area contributed by atoms with Gasteiger partial charge in [0.25, 0.3) is 0 Å². The molecule has 2 rings (SSSR count). The summed E-state index contributed by atoms with van der Waals surface area (Å²) < 4.78 is 0.562. The van der Waals surface area contributed by atoms with E-state index in [0.717, 1.165) is 16.3 Å². The summed E-state index contributed by atoms with van der Waals surface area (Å²) in [5, 5.41) is 11.7. The van der Waals surface area contributed by atoms with Gasteiger partial charge in [0.15, 0.2) is 9.82 Å². The van der Waals surface area contributed by atoms with Gasteiger partial charge in [-0.3, -0.25) is 0 Å². The first-order chi connectivity index (χ1) is 7.16. The Morgan fingerprint density at radius 1 is 1.53 bits per heavy atom. The van der Waals surface area contributed by atoms with Crippen LogP contribution in [-0.4, -0.2) is 9.82 Å². The van der Waals surface area contributed by atoms with Crippen LogP contribution in [0.4, 0.5) is 5.69 Å². The highest BCUT2D eigenvalue weighted by molar-refractivity contribution is 8.23. The molecule has 1 aliphatic rings. The summed E-state index contributed by atoms with van der Waals surface area (Å²) in [5.41, 5.74) is 1.84. The van der Waals surface area contributed by atoms with Crippen molar-refractivity contribution in [3.8, 4) is 0 Å². The average Bonchev–Trinajstić information content (AvgIpc) is 2.59. The van der Waals surface area contributed by atoms with Gasteiger partial charge < -0.3 is 5.32 Å². The third-order valence-corrected chi connectivity index (χ3v) is 3.50. The monoisotopic (exact) mass is 257 g/mol. The van der Waals surface area contributed by atoms with Crippen LogP contribution in [0.3, 0.4) is 0 Å². The molecule has 0 aromatic heterocycles. The molecule has 0 spiro atoms. The van der Waals surface area contributed by atoms with E-state index in [1.165, 1.54) is 11.8 Å². The van der Waals surface area contributed by atoms with E-state index < -0.39 is 0 Å². The number of benzene rings is 1. The minimum absolute atomic E-state index is 0.130. The van der Waals surface area contributed by atoms with Gasteiger partial charge in [0.1, 0.15) is 0 Å². The SMILES string of the molecule is Cc1c(Cl)cccc1NC1N=NC(=S)S1. The molecule has 0 saturated heterocycles. The second kappa shape index (κ2) is 4.47. The third-order valence-electron chi connectivity index (χ3n) is 2.00. The Morgan fingerprint density at radius 3 is 3.00 bits per heavy atom. The van der Waals surface area contributed by atoms with Gasteiger partial charge in [-0.05, 0) is 48.6 Å². The molecule has 6 heteroatoms. The summed E-state index contributed by atoms with van der Waals surface area (Å²) in [6, 6.07) is 5.71. The Hall–Kier alpha value is -0.650. The Labute approximate surface area is 102 Å². The molecule has 1 heterocycles. The molecule has 0 aliphatic carbocycles. The first-order valence-corrected chi connectivity index (χ1v) is 5.96. The maximum absolute atomic E-state index is 6.00. The fourth-order valence-electron chi connectivity index (χ4n) is 1.20. The largest absolute Gasteiger partial charge is 0.353 e. The lowest BCUT2D eigenvalue weighted by atomic mass is 10.2. The number of thioether (sulfide) groups is 1. The van der Waals surface area contributed by atoms with Crippen molar-refractivity contribution < 1.29 is 0 Å².